The van der Waals surface area contributed by atoms with Crippen LogP contribution in [-0.4, -0.2) is 43.5 Å². The van der Waals surface area contributed by atoms with E-state index in [1.807, 2.05) is 6.92 Å². The zero-order valence-electron chi connectivity index (χ0n) is 10.8. The number of nitrogens with zero attached hydrogens (tertiary/aromatic N) is 3. The van der Waals surface area contributed by atoms with Crippen molar-refractivity contribution < 1.29 is 17.9 Å². The summed E-state index contributed by atoms with van der Waals surface area (Å²) in [6.07, 6.45) is 1.66. The topological polar surface area (TPSA) is 83.3 Å². The van der Waals surface area contributed by atoms with E-state index < -0.39 is 14.7 Å². The summed E-state index contributed by atoms with van der Waals surface area (Å²) in [5, 5.41) is 7.38. The highest BCUT2D eigenvalue weighted by atomic mass is 35.7. The van der Waals surface area contributed by atoms with Crippen LogP contribution >= 0.6 is 10.7 Å². The van der Waals surface area contributed by atoms with E-state index in [4.69, 9.17) is 20.2 Å². The number of rotatable bonds is 5. The Bertz CT molecular complexity index is 551. The monoisotopic (exact) mass is 309 g/mol. The lowest BCUT2D eigenvalue weighted by Gasteiger charge is -2.23. The zero-order chi connectivity index (χ0) is 14.1. The maximum absolute atomic E-state index is 11.5. The number of ether oxygens (including phenoxy) is 2. The molecular weight excluding hydrogens is 294 g/mol. The van der Waals surface area contributed by atoms with Gasteiger partial charge in [0.15, 0.2) is 5.82 Å². The summed E-state index contributed by atoms with van der Waals surface area (Å²) in [5.74, 6) is 0.473. The molecular formula is C10H16ClN3O4S. The van der Waals surface area contributed by atoms with Crippen LogP contribution in [0.4, 0.5) is 0 Å². The predicted molar refractivity (Wildman–Crippen MR) is 67.5 cm³/mol. The molecule has 0 aliphatic carbocycles. The summed E-state index contributed by atoms with van der Waals surface area (Å²) in [5.41, 5.74) is -0.624. The van der Waals surface area contributed by atoms with Gasteiger partial charge in [-0.15, -0.1) is 10.2 Å². The fraction of sp³-hybridized carbons (Fsp3) is 0.800. The Balaban J connectivity index is 2.46. The summed E-state index contributed by atoms with van der Waals surface area (Å²) in [4.78, 5) is 0. The largest absolute Gasteiger partial charge is 0.383 e. The van der Waals surface area contributed by atoms with Gasteiger partial charge in [-0.05, 0) is 19.8 Å². The lowest BCUT2D eigenvalue weighted by atomic mass is 10.0. The molecule has 1 atom stereocenters. The van der Waals surface area contributed by atoms with Crippen LogP contribution in [0.15, 0.2) is 5.16 Å². The molecule has 7 nitrogen and oxygen atoms in total. The van der Waals surface area contributed by atoms with Crippen molar-refractivity contribution in [1.29, 1.82) is 0 Å². The first-order valence-electron chi connectivity index (χ1n) is 5.90. The second-order valence-corrected chi connectivity index (χ2v) is 7.03. The summed E-state index contributed by atoms with van der Waals surface area (Å²) in [6, 6.07) is 0. The van der Waals surface area contributed by atoms with Gasteiger partial charge >= 0.3 is 0 Å². The lowest BCUT2D eigenvalue weighted by Crippen LogP contribution is -2.27. The van der Waals surface area contributed by atoms with Crippen molar-refractivity contribution in [3.8, 4) is 0 Å². The van der Waals surface area contributed by atoms with Gasteiger partial charge in [0.25, 0.3) is 14.2 Å². The minimum Gasteiger partial charge on any atom is -0.383 e. The van der Waals surface area contributed by atoms with Gasteiger partial charge in [-0.2, -0.15) is 0 Å². The van der Waals surface area contributed by atoms with Crippen molar-refractivity contribution in [2.75, 3.05) is 20.3 Å². The lowest BCUT2D eigenvalue weighted by molar-refractivity contribution is 0.00491. The first kappa shape index (κ1) is 14.7. The van der Waals surface area contributed by atoms with Crippen LogP contribution in [-0.2, 0) is 30.7 Å². The van der Waals surface area contributed by atoms with Gasteiger partial charge in [0.05, 0.1) is 13.2 Å². The molecule has 1 aliphatic heterocycles. The van der Waals surface area contributed by atoms with Crippen LogP contribution < -0.4 is 0 Å². The Morgan fingerprint density at radius 2 is 2.26 bits per heavy atom. The number of aromatic nitrogens is 3. The van der Waals surface area contributed by atoms with E-state index in [0.29, 0.717) is 25.6 Å². The predicted octanol–water partition coefficient (Wildman–Crippen LogP) is 0.878. The fourth-order valence-electron chi connectivity index (χ4n) is 2.20. The SMILES string of the molecule is COCCn1c(C2(C)CCCO2)nnc1S(=O)(=O)Cl. The van der Waals surface area contributed by atoms with E-state index in [9.17, 15) is 8.42 Å². The normalized spacial score (nSPS) is 23.9. The quantitative estimate of drug-likeness (QED) is 0.751. The molecule has 108 valence electrons. The van der Waals surface area contributed by atoms with Crippen LogP contribution in [0.5, 0.6) is 0 Å². The summed E-state index contributed by atoms with van der Waals surface area (Å²) >= 11 is 0. The van der Waals surface area contributed by atoms with Crippen molar-refractivity contribution in [2.45, 2.75) is 37.1 Å². The highest BCUT2D eigenvalue weighted by Gasteiger charge is 2.39. The van der Waals surface area contributed by atoms with E-state index in [2.05, 4.69) is 10.2 Å². The van der Waals surface area contributed by atoms with Crippen LogP contribution in [0.1, 0.15) is 25.6 Å². The molecule has 0 radical (unpaired) electrons. The molecule has 0 amide bonds. The molecule has 2 heterocycles. The maximum atomic E-state index is 11.5. The molecule has 1 aliphatic rings. The molecule has 1 fully saturated rings. The molecule has 9 heteroatoms. The summed E-state index contributed by atoms with van der Waals surface area (Å²) in [6.45, 7) is 3.13. The van der Waals surface area contributed by atoms with Crippen molar-refractivity contribution in [1.82, 2.24) is 14.8 Å². The first-order chi connectivity index (χ1) is 8.88. The first-order valence-corrected chi connectivity index (χ1v) is 8.21. The van der Waals surface area contributed by atoms with E-state index >= 15 is 0 Å². The van der Waals surface area contributed by atoms with Gasteiger partial charge < -0.3 is 9.47 Å². The average molecular weight is 310 g/mol. The van der Waals surface area contributed by atoms with E-state index in [1.165, 1.54) is 11.7 Å². The third-order valence-electron chi connectivity index (χ3n) is 3.15. The van der Waals surface area contributed by atoms with E-state index in [1.54, 1.807) is 0 Å². The smallest absolute Gasteiger partial charge is 0.296 e. The van der Waals surface area contributed by atoms with Crippen LogP contribution in [0.25, 0.3) is 0 Å². The molecule has 1 aromatic heterocycles. The summed E-state index contributed by atoms with van der Waals surface area (Å²) < 4.78 is 35.1. The third kappa shape index (κ3) is 2.91. The minimum absolute atomic E-state index is 0.266. The van der Waals surface area contributed by atoms with E-state index in [-0.39, 0.29) is 5.16 Å². The molecule has 0 spiro atoms. The molecule has 0 aromatic carbocycles. The molecule has 0 saturated carbocycles. The van der Waals surface area contributed by atoms with Crippen molar-refractivity contribution in [3.05, 3.63) is 5.82 Å². The molecule has 0 bridgehead atoms. The molecule has 1 saturated heterocycles. The summed E-state index contributed by atoms with van der Waals surface area (Å²) in [7, 11) is 2.96. The number of halogens is 1. The highest BCUT2D eigenvalue weighted by Crippen LogP contribution is 2.35. The number of hydrogen-bond donors (Lipinski definition) is 0. The molecule has 0 N–H and O–H groups in total. The van der Waals surface area contributed by atoms with E-state index in [0.717, 1.165) is 12.8 Å². The second kappa shape index (κ2) is 5.35. The van der Waals surface area contributed by atoms with Gasteiger partial charge in [-0.3, -0.25) is 4.57 Å². The van der Waals surface area contributed by atoms with Gasteiger partial charge in [0, 0.05) is 24.4 Å². The number of hydrogen-bond acceptors (Lipinski definition) is 6. The van der Waals surface area contributed by atoms with Crippen LogP contribution in [0.3, 0.4) is 0 Å². The van der Waals surface area contributed by atoms with Crippen molar-refractivity contribution in [2.24, 2.45) is 0 Å². The Morgan fingerprint density at radius 3 is 2.79 bits per heavy atom. The zero-order valence-corrected chi connectivity index (χ0v) is 12.4. The second-order valence-electron chi connectivity index (χ2n) is 4.57. The standard InChI is InChI=1S/C10H16ClN3O4S/c1-10(4-3-6-18-10)8-12-13-9(19(11,15)16)14(8)5-7-17-2/h3-7H2,1-2H3. The Labute approximate surface area is 116 Å². The highest BCUT2D eigenvalue weighted by molar-refractivity contribution is 8.13. The Kier molecular flexibility index (Phi) is 4.14. The maximum Gasteiger partial charge on any atom is 0.296 e. The molecule has 1 aromatic rings. The van der Waals surface area contributed by atoms with Gasteiger partial charge in [0.2, 0.25) is 0 Å². The van der Waals surface area contributed by atoms with Gasteiger partial charge in [0.1, 0.15) is 5.60 Å². The Morgan fingerprint density at radius 1 is 1.53 bits per heavy atom. The van der Waals surface area contributed by atoms with Crippen molar-refractivity contribution >= 4 is 19.7 Å². The molecule has 1 unspecified atom stereocenters. The van der Waals surface area contributed by atoms with Gasteiger partial charge in [-0.1, -0.05) is 0 Å². The molecule has 2 rings (SSSR count). The van der Waals surface area contributed by atoms with Crippen LogP contribution in [0, 0.1) is 0 Å². The van der Waals surface area contributed by atoms with Gasteiger partial charge in [-0.25, -0.2) is 8.42 Å². The average Bonchev–Trinajstić information content (AvgIpc) is 2.92. The number of methoxy groups -OCH3 is 1. The minimum atomic E-state index is -3.95. The Hall–Kier alpha value is -0.700. The molecule has 19 heavy (non-hydrogen) atoms. The van der Waals surface area contributed by atoms with Crippen LogP contribution in [0.2, 0.25) is 0 Å². The van der Waals surface area contributed by atoms with Crippen molar-refractivity contribution in [3.63, 3.8) is 0 Å². The fourth-order valence-corrected chi connectivity index (χ4v) is 3.12. The third-order valence-corrected chi connectivity index (χ3v) is 4.30.